The molecule has 0 aliphatic carbocycles. The zero-order valence-corrected chi connectivity index (χ0v) is 6.78. The highest BCUT2D eigenvalue weighted by molar-refractivity contribution is 5.70. The lowest BCUT2D eigenvalue weighted by molar-refractivity contribution is 0.00823. The first-order valence-corrected chi connectivity index (χ1v) is 3.62. The van der Waals surface area contributed by atoms with Gasteiger partial charge in [-0.3, -0.25) is 4.79 Å². The van der Waals surface area contributed by atoms with Crippen LogP contribution in [0.2, 0.25) is 0 Å². The minimum Gasteiger partial charge on any atom is -0.438 e. The number of aldehydes is 1. The molecule has 1 rings (SSSR count). The van der Waals surface area contributed by atoms with Crippen LogP contribution in [0.1, 0.15) is 17.5 Å². The maximum absolute atomic E-state index is 10.2. The molecule has 0 bridgehead atoms. The van der Waals surface area contributed by atoms with E-state index >= 15 is 0 Å². The Hall–Kier alpha value is -1.29. The van der Waals surface area contributed by atoms with E-state index in [1.54, 1.807) is 6.07 Å². The summed E-state index contributed by atoms with van der Waals surface area (Å²) in [5, 5.41) is 0. The molecule has 0 saturated heterocycles. The lowest BCUT2D eigenvalue weighted by Gasteiger charge is -2.00. The molecule has 1 heterocycles. The molecular weight excluding hydrogens is 160 g/mol. The van der Waals surface area contributed by atoms with Crippen LogP contribution in [-0.2, 0) is 4.74 Å². The molecule has 0 N–H and O–H groups in total. The number of furan rings is 1. The molecule has 1 aromatic rings. The highest BCUT2D eigenvalue weighted by Gasteiger charge is 2.00. The molecule has 66 valence electrons. The Bertz CT molecular complexity index is 241. The molecule has 0 unspecified atom stereocenters. The number of hydrogen-bond donors (Lipinski definition) is 0. The monoisotopic (exact) mass is 170 g/mol. The maximum atomic E-state index is 10.2. The van der Waals surface area contributed by atoms with Gasteiger partial charge in [0.1, 0.15) is 0 Å². The third-order valence-electron chi connectivity index (χ3n) is 1.21. The van der Waals surface area contributed by atoms with Crippen molar-refractivity contribution in [3.8, 4) is 5.95 Å². The number of carbonyl (C=O) groups excluding carboxylic acids is 1. The van der Waals surface area contributed by atoms with Crippen molar-refractivity contribution in [2.24, 2.45) is 0 Å². The third kappa shape index (κ3) is 2.39. The molecule has 4 nitrogen and oxygen atoms in total. The Morgan fingerprint density at radius 3 is 3.00 bits per heavy atom. The normalized spacial score (nSPS) is 9.75. The van der Waals surface area contributed by atoms with Crippen molar-refractivity contribution >= 4 is 6.29 Å². The molecule has 0 atom stereocenters. The highest BCUT2D eigenvalue weighted by Crippen LogP contribution is 2.13. The lowest BCUT2D eigenvalue weighted by atomic mass is 10.5. The molecule has 12 heavy (non-hydrogen) atoms. The molecule has 0 amide bonds. The van der Waals surface area contributed by atoms with Crippen molar-refractivity contribution in [1.29, 1.82) is 0 Å². The predicted molar refractivity (Wildman–Crippen MR) is 41.2 cm³/mol. The summed E-state index contributed by atoms with van der Waals surface area (Å²) in [5.74, 6) is 0.548. The summed E-state index contributed by atoms with van der Waals surface area (Å²) in [6, 6.07) is 3.11. The van der Waals surface area contributed by atoms with E-state index in [2.05, 4.69) is 0 Å². The van der Waals surface area contributed by atoms with Crippen LogP contribution < -0.4 is 4.74 Å². The third-order valence-corrected chi connectivity index (χ3v) is 1.21. The SMILES string of the molecule is CCOCOc1ccc(C=O)o1. The first-order chi connectivity index (χ1) is 5.86. The summed E-state index contributed by atoms with van der Waals surface area (Å²) in [6.07, 6.45) is 0.619. The Labute approximate surface area is 70.1 Å². The van der Waals surface area contributed by atoms with Gasteiger partial charge in [0.05, 0.1) is 0 Å². The average molecular weight is 170 g/mol. The van der Waals surface area contributed by atoms with Crippen LogP contribution in [-0.4, -0.2) is 19.7 Å². The van der Waals surface area contributed by atoms with E-state index < -0.39 is 0 Å². The van der Waals surface area contributed by atoms with Gasteiger partial charge in [0, 0.05) is 12.7 Å². The summed E-state index contributed by atoms with van der Waals surface area (Å²) in [7, 11) is 0. The quantitative estimate of drug-likeness (QED) is 0.381. The van der Waals surface area contributed by atoms with Gasteiger partial charge in [0.25, 0.3) is 5.95 Å². The van der Waals surface area contributed by atoms with Crippen molar-refractivity contribution in [2.75, 3.05) is 13.4 Å². The Morgan fingerprint density at radius 1 is 1.58 bits per heavy atom. The zero-order valence-electron chi connectivity index (χ0n) is 6.78. The van der Waals surface area contributed by atoms with Gasteiger partial charge in [-0.05, 0) is 13.0 Å². The summed E-state index contributed by atoms with van der Waals surface area (Å²) >= 11 is 0. The van der Waals surface area contributed by atoms with Gasteiger partial charge in [-0.1, -0.05) is 0 Å². The average Bonchev–Trinajstić information content (AvgIpc) is 2.53. The predicted octanol–water partition coefficient (Wildman–Crippen LogP) is 1.46. The fraction of sp³-hybridized carbons (Fsp3) is 0.375. The molecular formula is C8H10O4. The Kier molecular flexibility index (Phi) is 3.35. The van der Waals surface area contributed by atoms with Crippen molar-refractivity contribution in [2.45, 2.75) is 6.92 Å². The van der Waals surface area contributed by atoms with Crippen molar-refractivity contribution in [1.82, 2.24) is 0 Å². The molecule has 4 heteroatoms. The molecule has 0 aromatic carbocycles. The van der Waals surface area contributed by atoms with Crippen LogP contribution in [0, 0.1) is 0 Å². The fourth-order valence-corrected chi connectivity index (χ4v) is 0.658. The molecule has 0 aliphatic heterocycles. The van der Waals surface area contributed by atoms with Crippen molar-refractivity contribution < 1.29 is 18.7 Å². The van der Waals surface area contributed by atoms with Crippen molar-refractivity contribution in [3.63, 3.8) is 0 Å². The maximum Gasteiger partial charge on any atom is 0.287 e. The van der Waals surface area contributed by atoms with E-state index in [1.807, 2.05) is 6.92 Å². The second-order valence-electron chi connectivity index (χ2n) is 2.03. The largest absolute Gasteiger partial charge is 0.438 e. The summed E-state index contributed by atoms with van der Waals surface area (Å²) in [6.45, 7) is 2.59. The molecule has 0 fully saturated rings. The van der Waals surface area contributed by atoms with E-state index in [-0.39, 0.29) is 12.6 Å². The van der Waals surface area contributed by atoms with Gasteiger partial charge >= 0.3 is 0 Å². The van der Waals surface area contributed by atoms with Gasteiger partial charge in [-0.15, -0.1) is 0 Å². The van der Waals surface area contributed by atoms with Crippen LogP contribution in [0.3, 0.4) is 0 Å². The van der Waals surface area contributed by atoms with Crippen LogP contribution >= 0.6 is 0 Å². The minimum absolute atomic E-state index is 0.141. The number of rotatable bonds is 5. The van der Waals surface area contributed by atoms with E-state index in [4.69, 9.17) is 13.9 Å². The molecule has 0 spiro atoms. The Morgan fingerprint density at radius 2 is 2.42 bits per heavy atom. The first kappa shape index (κ1) is 8.80. The van der Waals surface area contributed by atoms with Gasteiger partial charge in [-0.2, -0.15) is 0 Å². The summed E-state index contributed by atoms with van der Waals surface area (Å²) < 4.78 is 14.8. The second kappa shape index (κ2) is 4.56. The van der Waals surface area contributed by atoms with Gasteiger partial charge in [-0.25, -0.2) is 0 Å². The van der Waals surface area contributed by atoms with Gasteiger partial charge in [0.15, 0.2) is 18.8 Å². The summed E-state index contributed by atoms with van der Waals surface area (Å²) in [4.78, 5) is 10.2. The van der Waals surface area contributed by atoms with E-state index in [0.29, 0.717) is 18.8 Å². The molecule has 1 aromatic heterocycles. The lowest BCUT2D eigenvalue weighted by Crippen LogP contribution is -2.00. The summed E-state index contributed by atoms with van der Waals surface area (Å²) in [5.41, 5.74) is 0. The van der Waals surface area contributed by atoms with Crippen molar-refractivity contribution in [3.05, 3.63) is 17.9 Å². The fourth-order valence-electron chi connectivity index (χ4n) is 0.658. The topological polar surface area (TPSA) is 48.7 Å². The standard InChI is InChI=1S/C8H10O4/c1-2-10-6-11-8-4-3-7(5-9)12-8/h3-5H,2,6H2,1H3. The number of carbonyl (C=O) groups is 1. The van der Waals surface area contributed by atoms with Crippen LogP contribution in [0.25, 0.3) is 0 Å². The Balaban J connectivity index is 2.36. The first-order valence-electron chi connectivity index (χ1n) is 3.62. The van der Waals surface area contributed by atoms with E-state index in [0.717, 1.165) is 0 Å². The highest BCUT2D eigenvalue weighted by atomic mass is 16.7. The molecule has 0 aliphatic rings. The van der Waals surface area contributed by atoms with E-state index in [1.165, 1.54) is 6.07 Å². The zero-order chi connectivity index (χ0) is 8.81. The smallest absolute Gasteiger partial charge is 0.287 e. The van der Waals surface area contributed by atoms with Crippen LogP contribution in [0.5, 0.6) is 5.95 Å². The van der Waals surface area contributed by atoms with Crippen LogP contribution in [0.15, 0.2) is 16.5 Å². The second-order valence-corrected chi connectivity index (χ2v) is 2.03. The minimum atomic E-state index is 0.141. The van der Waals surface area contributed by atoms with Gasteiger partial charge in [0.2, 0.25) is 0 Å². The molecule has 0 radical (unpaired) electrons. The number of hydrogen-bond acceptors (Lipinski definition) is 4. The van der Waals surface area contributed by atoms with Gasteiger partial charge < -0.3 is 13.9 Å². The van der Waals surface area contributed by atoms with Crippen LogP contribution in [0.4, 0.5) is 0 Å². The van der Waals surface area contributed by atoms with E-state index in [9.17, 15) is 4.79 Å². The molecule has 0 saturated carbocycles. The number of ether oxygens (including phenoxy) is 2.